The molecule has 2 rings (SSSR count). The van der Waals surface area contributed by atoms with Crippen molar-refractivity contribution in [1.29, 1.82) is 0 Å². The molecule has 0 atom stereocenters. The number of benzene rings is 1. The zero-order valence-electron chi connectivity index (χ0n) is 8.92. The fourth-order valence-corrected chi connectivity index (χ4v) is 1.40. The lowest BCUT2D eigenvalue weighted by molar-refractivity contribution is -0.0803. The highest BCUT2D eigenvalue weighted by atomic mass is 16.6. The summed E-state index contributed by atoms with van der Waals surface area (Å²) in [5.74, 6) is 1.07. The number of hydrogen-bond acceptors (Lipinski definition) is 5. The Morgan fingerprint density at radius 2 is 2.06 bits per heavy atom. The second-order valence-electron chi connectivity index (χ2n) is 3.56. The maximum absolute atomic E-state index is 9.01. The Morgan fingerprint density at radius 1 is 1.31 bits per heavy atom. The van der Waals surface area contributed by atoms with Gasteiger partial charge in [0.2, 0.25) is 0 Å². The van der Waals surface area contributed by atoms with Crippen LogP contribution in [0.3, 0.4) is 0 Å². The first-order valence-electron chi connectivity index (χ1n) is 4.99. The molecule has 16 heavy (non-hydrogen) atoms. The molecule has 0 amide bonds. The molecule has 0 spiro atoms. The van der Waals surface area contributed by atoms with Gasteiger partial charge in [-0.1, -0.05) is 6.07 Å². The van der Waals surface area contributed by atoms with Crippen LogP contribution in [0.25, 0.3) is 0 Å². The van der Waals surface area contributed by atoms with E-state index in [1.165, 1.54) is 7.11 Å². The van der Waals surface area contributed by atoms with E-state index >= 15 is 0 Å². The van der Waals surface area contributed by atoms with E-state index in [1.807, 2.05) is 0 Å². The van der Waals surface area contributed by atoms with Crippen molar-refractivity contribution in [3.8, 4) is 11.5 Å². The lowest BCUT2D eigenvalue weighted by atomic mass is 9.80. The Hall–Kier alpha value is -1.24. The van der Waals surface area contributed by atoms with Gasteiger partial charge in [0.25, 0.3) is 0 Å². The van der Waals surface area contributed by atoms with Gasteiger partial charge in [0.1, 0.15) is 6.10 Å². The third kappa shape index (κ3) is 2.29. The summed E-state index contributed by atoms with van der Waals surface area (Å²) in [4.78, 5) is 0. The summed E-state index contributed by atoms with van der Waals surface area (Å²) in [6, 6.07) is 4.79. The second-order valence-corrected chi connectivity index (χ2v) is 3.56. The maximum atomic E-state index is 9.01. The van der Waals surface area contributed by atoms with Gasteiger partial charge in [-0.25, -0.2) is 0 Å². The van der Waals surface area contributed by atoms with E-state index in [0.717, 1.165) is 0 Å². The van der Waals surface area contributed by atoms with Crippen LogP contribution in [0.5, 0.6) is 11.5 Å². The molecule has 1 heterocycles. The fourth-order valence-electron chi connectivity index (χ4n) is 1.40. The molecule has 1 aromatic rings. The number of hydrogen-bond donors (Lipinski definition) is 2. The molecule has 1 saturated heterocycles. The van der Waals surface area contributed by atoms with E-state index in [0.29, 0.717) is 30.2 Å². The highest BCUT2D eigenvalue weighted by Crippen LogP contribution is 2.27. The van der Waals surface area contributed by atoms with Gasteiger partial charge >= 0.3 is 7.12 Å². The normalized spacial score (nSPS) is 15.4. The molecule has 0 saturated carbocycles. The average Bonchev–Trinajstić information content (AvgIpc) is 2.23. The quantitative estimate of drug-likeness (QED) is 0.652. The molecular formula is C10H13BO5. The van der Waals surface area contributed by atoms with Crippen LogP contribution in [0, 0.1) is 0 Å². The topological polar surface area (TPSA) is 68.2 Å². The van der Waals surface area contributed by atoms with E-state index in [1.54, 1.807) is 18.2 Å². The predicted octanol–water partition coefficient (Wildman–Crippen LogP) is -0.847. The Morgan fingerprint density at radius 3 is 2.56 bits per heavy atom. The first kappa shape index (κ1) is 11.3. The molecule has 5 nitrogen and oxygen atoms in total. The molecule has 86 valence electrons. The van der Waals surface area contributed by atoms with E-state index in [9.17, 15) is 0 Å². The van der Waals surface area contributed by atoms with Gasteiger partial charge in [-0.05, 0) is 17.6 Å². The SMILES string of the molecule is COc1cc(B(O)O)ccc1OC1COC1. The zero-order chi connectivity index (χ0) is 11.5. The monoisotopic (exact) mass is 224 g/mol. The minimum atomic E-state index is -1.50. The largest absolute Gasteiger partial charge is 0.493 e. The fraction of sp³-hybridized carbons (Fsp3) is 0.400. The van der Waals surface area contributed by atoms with Crippen molar-refractivity contribution in [3.05, 3.63) is 18.2 Å². The van der Waals surface area contributed by atoms with Crippen LogP contribution in [-0.2, 0) is 4.74 Å². The van der Waals surface area contributed by atoms with Crippen LogP contribution in [0.1, 0.15) is 0 Å². The van der Waals surface area contributed by atoms with Gasteiger partial charge in [0, 0.05) is 0 Å². The molecule has 1 aromatic carbocycles. The Kier molecular flexibility index (Phi) is 3.33. The van der Waals surface area contributed by atoms with Crippen LogP contribution in [-0.4, -0.2) is 43.6 Å². The van der Waals surface area contributed by atoms with Crippen LogP contribution in [0.4, 0.5) is 0 Å². The summed E-state index contributed by atoms with van der Waals surface area (Å²) in [5, 5.41) is 18.0. The first-order chi connectivity index (χ1) is 7.70. The van der Waals surface area contributed by atoms with Gasteiger partial charge in [0.15, 0.2) is 11.5 Å². The standard InChI is InChI=1S/C10H13BO5/c1-14-10-4-7(11(12)13)2-3-9(10)16-8-5-15-6-8/h2-4,8,12-13H,5-6H2,1H3. The summed E-state index contributed by atoms with van der Waals surface area (Å²) in [7, 11) is 0.00230. The van der Waals surface area contributed by atoms with E-state index in [4.69, 9.17) is 24.3 Å². The van der Waals surface area contributed by atoms with Crippen molar-refractivity contribution >= 4 is 12.6 Å². The van der Waals surface area contributed by atoms with Gasteiger partial charge in [-0.3, -0.25) is 0 Å². The van der Waals surface area contributed by atoms with Crippen molar-refractivity contribution in [2.75, 3.05) is 20.3 Å². The second kappa shape index (κ2) is 4.73. The van der Waals surface area contributed by atoms with Crippen LogP contribution >= 0.6 is 0 Å². The van der Waals surface area contributed by atoms with Gasteiger partial charge in [0.05, 0.1) is 20.3 Å². The summed E-state index contributed by atoms with van der Waals surface area (Å²) < 4.78 is 15.7. The molecule has 0 aromatic heterocycles. The van der Waals surface area contributed by atoms with Crippen molar-refractivity contribution in [1.82, 2.24) is 0 Å². The molecule has 1 aliphatic heterocycles. The van der Waals surface area contributed by atoms with Crippen LogP contribution < -0.4 is 14.9 Å². The molecular weight excluding hydrogens is 211 g/mol. The Balaban J connectivity index is 2.16. The van der Waals surface area contributed by atoms with E-state index in [-0.39, 0.29) is 6.10 Å². The molecule has 2 N–H and O–H groups in total. The summed E-state index contributed by atoms with van der Waals surface area (Å²) >= 11 is 0. The van der Waals surface area contributed by atoms with Crippen LogP contribution in [0.15, 0.2) is 18.2 Å². The highest BCUT2D eigenvalue weighted by Gasteiger charge is 2.22. The zero-order valence-corrected chi connectivity index (χ0v) is 8.92. The lowest BCUT2D eigenvalue weighted by Crippen LogP contribution is -2.38. The maximum Gasteiger partial charge on any atom is 0.488 e. The molecule has 6 heteroatoms. The molecule has 1 fully saturated rings. The predicted molar refractivity (Wildman–Crippen MR) is 58.1 cm³/mol. The Labute approximate surface area is 93.7 Å². The molecule has 0 unspecified atom stereocenters. The average molecular weight is 224 g/mol. The highest BCUT2D eigenvalue weighted by molar-refractivity contribution is 6.58. The third-order valence-electron chi connectivity index (χ3n) is 2.39. The van der Waals surface area contributed by atoms with E-state index < -0.39 is 7.12 Å². The van der Waals surface area contributed by atoms with Gasteiger partial charge in [-0.2, -0.15) is 0 Å². The molecule has 0 radical (unpaired) electrons. The molecule has 0 bridgehead atoms. The van der Waals surface area contributed by atoms with Crippen LogP contribution in [0.2, 0.25) is 0 Å². The van der Waals surface area contributed by atoms with Gasteiger partial charge < -0.3 is 24.3 Å². The van der Waals surface area contributed by atoms with Crippen molar-refractivity contribution in [2.45, 2.75) is 6.10 Å². The molecule has 0 aliphatic carbocycles. The summed E-state index contributed by atoms with van der Waals surface area (Å²) in [6.45, 7) is 1.15. The van der Waals surface area contributed by atoms with Crippen molar-refractivity contribution < 1.29 is 24.3 Å². The van der Waals surface area contributed by atoms with E-state index in [2.05, 4.69) is 0 Å². The number of methoxy groups -OCH3 is 1. The summed E-state index contributed by atoms with van der Waals surface area (Å²) in [5.41, 5.74) is 0.369. The lowest BCUT2D eigenvalue weighted by Gasteiger charge is -2.27. The number of rotatable bonds is 4. The number of ether oxygens (including phenoxy) is 3. The van der Waals surface area contributed by atoms with Crippen molar-refractivity contribution in [2.24, 2.45) is 0 Å². The Bertz CT molecular complexity index is 364. The molecule has 1 aliphatic rings. The minimum Gasteiger partial charge on any atom is -0.493 e. The minimum absolute atomic E-state index is 0.0544. The van der Waals surface area contributed by atoms with Gasteiger partial charge in [-0.15, -0.1) is 0 Å². The third-order valence-corrected chi connectivity index (χ3v) is 2.39. The summed E-state index contributed by atoms with van der Waals surface area (Å²) in [6.07, 6.45) is 0.0544. The van der Waals surface area contributed by atoms with Crippen molar-refractivity contribution in [3.63, 3.8) is 0 Å². The first-order valence-corrected chi connectivity index (χ1v) is 4.99. The smallest absolute Gasteiger partial charge is 0.488 e.